The summed E-state index contributed by atoms with van der Waals surface area (Å²) in [4.78, 5) is 39.1. The Hall–Kier alpha value is -4.08. The van der Waals surface area contributed by atoms with Crippen LogP contribution in [0.5, 0.6) is 0 Å². The van der Waals surface area contributed by atoms with Crippen molar-refractivity contribution in [2.75, 3.05) is 10.6 Å². The van der Waals surface area contributed by atoms with Gasteiger partial charge >= 0.3 is 0 Å². The molecule has 0 bridgehead atoms. The van der Waals surface area contributed by atoms with Gasteiger partial charge in [-0.1, -0.05) is 36.4 Å². The number of aromatic nitrogens is 3. The van der Waals surface area contributed by atoms with Crippen molar-refractivity contribution in [3.8, 4) is 11.4 Å². The third kappa shape index (κ3) is 3.30. The zero-order valence-corrected chi connectivity index (χ0v) is 14.4. The summed E-state index contributed by atoms with van der Waals surface area (Å²) in [5.41, 5.74) is 0.933. The van der Waals surface area contributed by atoms with E-state index >= 15 is 0 Å². The van der Waals surface area contributed by atoms with Gasteiger partial charge in [0.2, 0.25) is 11.9 Å². The number of nitrogens with one attached hydrogen (secondary N) is 2. The van der Waals surface area contributed by atoms with Crippen molar-refractivity contribution >= 4 is 29.1 Å². The van der Waals surface area contributed by atoms with E-state index in [0.29, 0.717) is 5.82 Å². The Morgan fingerprint density at radius 1 is 1.21 bits per heavy atom. The summed E-state index contributed by atoms with van der Waals surface area (Å²) < 4.78 is 1.39. The molecule has 2 heterocycles. The number of non-ortho nitro benzene ring substituents is 1. The van der Waals surface area contributed by atoms with Crippen molar-refractivity contribution in [3.05, 3.63) is 64.7 Å². The van der Waals surface area contributed by atoms with Crippen LogP contribution in [0.3, 0.4) is 0 Å². The first-order valence-electron chi connectivity index (χ1n) is 8.38. The summed E-state index contributed by atoms with van der Waals surface area (Å²) in [6.45, 7) is 0. The van der Waals surface area contributed by atoms with E-state index in [9.17, 15) is 19.7 Å². The number of carbonyl (C=O) groups is 2. The molecule has 3 aromatic rings. The highest BCUT2D eigenvalue weighted by Crippen LogP contribution is 2.28. The summed E-state index contributed by atoms with van der Waals surface area (Å²) in [7, 11) is 0. The first-order valence-corrected chi connectivity index (χ1v) is 8.38. The van der Waals surface area contributed by atoms with E-state index in [1.807, 2.05) is 30.3 Å². The van der Waals surface area contributed by atoms with Crippen molar-refractivity contribution in [2.45, 2.75) is 12.5 Å². The molecule has 10 heteroatoms. The Bertz CT molecular complexity index is 1080. The zero-order chi connectivity index (χ0) is 19.7. The SMILES string of the molecule is O=C(C[C@@H]1C(=O)Nc2nc(-c3ccccc3)nn21)Nc1cccc([N+](=O)[O-])c1. The molecule has 0 unspecified atom stereocenters. The van der Waals surface area contributed by atoms with Crippen LogP contribution in [0, 0.1) is 10.1 Å². The highest BCUT2D eigenvalue weighted by molar-refractivity contribution is 6.01. The molecule has 2 N–H and O–H groups in total. The fourth-order valence-electron chi connectivity index (χ4n) is 2.90. The number of nitro benzene ring substituents is 1. The van der Waals surface area contributed by atoms with Crippen molar-refractivity contribution in [3.63, 3.8) is 0 Å². The highest BCUT2D eigenvalue weighted by atomic mass is 16.6. The van der Waals surface area contributed by atoms with E-state index in [2.05, 4.69) is 20.7 Å². The molecule has 0 saturated carbocycles. The molecule has 1 aliphatic heterocycles. The monoisotopic (exact) mass is 378 g/mol. The lowest BCUT2D eigenvalue weighted by Gasteiger charge is -2.09. The minimum atomic E-state index is -0.848. The highest BCUT2D eigenvalue weighted by Gasteiger charge is 2.35. The molecule has 0 radical (unpaired) electrons. The molecule has 10 nitrogen and oxygen atoms in total. The zero-order valence-electron chi connectivity index (χ0n) is 14.4. The van der Waals surface area contributed by atoms with Gasteiger partial charge in [-0.2, -0.15) is 4.98 Å². The lowest BCUT2D eigenvalue weighted by atomic mass is 10.2. The van der Waals surface area contributed by atoms with E-state index in [1.165, 1.54) is 28.9 Å². The largest absolute Gasteiger partial charge is 0.326 e. The summed E-state index contributed by atoms with van der Waals surface area (Å²) in [5, 5.41) is 20.4. The second kappa shape index (κ2) is 6.91. The molecule has 140 valence electrons. The van der Waals surface area contributed by atoms with E-state index in [-0.39, 0.29) is 29.7 Å². The molecule has 0 fully saturated rings. The molecule has 1 atom stereocenters. The van der Waals surface area contributed by atoms with Gasteiger partial charge in [-0.25, -0.2) is 4.68 Å². The quantitative estimate of drug-likeness (QED) is 0.517. The van der Waals surface area contributed by atoms with E-state index in [4.69, 9.17) is 0 Å². The smallest absolute Gasteiger partial charge is 0.271 e. The standard InChI is InChI=1S/C18H14N6O4/c25-15(19-12-7-4-8-13(9-12)24(27)28)10-14-17(26)21-18-20-16(22-23(14)18)11-5-2-1-3-6-11/h1-9,14H,10H2,(H,19,25)(H,20,21,22,26)/t14-/m1/s1. The van der Waals surface area contributed by atoms with Gasteiger partial charge in [0.15, 0.2) is 5.82 Å². The summed E-state index contributed by atoms with van der Waals surface area (Å²) in [5.74, 6) is -0.134. The molecule has 28 heavy (non-hydrogen) atoms. The number of carbonyl (C=O) groups excluding carboxylic acids is 2. The number of benzene rings is 2. The molecule has 2 amide bonds. The van der Waals surface area contributed by atoms with E-state index < -0.39 is 16.9 Å². The van der Waals surface area contributed by atoms with Crippen LogP contribution in [0.2, 0.25) is 0 Å². The molecule has 1 aliphatic rings. The van der Waals surface area contributed by atoms with Crippen LogP contribution in [0.4, 0.5) is 17.3 Å². The minimum absolute atomic E-state index is 0.137. The Kier molecular flexibility index (Phi) is 4.28. The molecule has 0 saturated heterocycles. The number of fused-ring (bicyclic) bond motifs is 1. The number of nitrogens with zero attached hydrogens (tertiary/aromatic N) is 4. The number of nitro groups is 1. The maximum Gasteiger partial charge on any atom is 0.271 e. The third-order valence-corrected chi connectivity index (χ3v) is 4.22. The summed E-state index contributed by atoms with van der Waals surface area (Å²) in [6, 6.07) is 14.0. The fourth-order valence-corrected chi connectivity index (χ4v) is 2.90. The lowest BCUT2D eigenvalue weighted by molar-refractivity contribution is -0.384. The number of hydrogen-bond acceptors (Lipinski definition) is 6. The Morgan fingerprint density at radius 3 is 2.75 bits per heavy atom. The molecule has 0 aliphatic carbocycles. The third-order valence-electron chi connectivity index (χ3n) is 4.22. The maximum atomic E-state index is 12.4. The van der Waals surface area contributed by atoms with Gasteiger partial charge in [0.1, 0.15) is 6.04 Å². The molecule has 0 spiro atoms. The Balaban J connectivity index is 1.51. The van der Waals surface area contributed by atoms with Crippen LogP contribution >= 0.6 is 0 Å². The van der Waals surface area contributed by atoms with Gasteiger partial charge in [0.05, 0.1) is 11.3 Å². The molecule has 4 rings (SSSR count). The van der Waals surface area contributed by atoms with Crippen molar-refractivity contribution in [1.29, 1.82) is 0 Å². The Labute approximate surface area is 158 Å². The molecular weight excluding hydrogens is 364 g/mol. The first-order chi connectivity index (χ1) is 13.5. The predicted molar refractivity (Wildman–Crippen MR) is 99.5 cm³/mol. The summed E-state index contributed by atoms with van der Waals surface area (Å²) in [6.07, 6.45) is -0.181. The maximum absolute atomic E-state index is 12.4. The lowest BCUT2D eigenvalue weighted by Crippen LogP contribution is -2.23. The van der Waals surface area contributed by atoms with Gasteiger partial charge in [-0.05, 0) is 6.07 Å². The first kappa shape index (κ1) is 17.3. The molecular formula is C18H14N6O4. The minimum Gasteiger partial charge on any atom is -0.326 e. The van der Waals surface area contributed by atoms with Crippen LogP contribution in [-0.2, 0) is 9.59 Å². The van der Waals surface area contributed by atoms with Crippen LogP contribution < -0.4 is 10.6 Å². The van der Waals surface area contributed by atoms with Crippen molar-refractivity contribution < 1.29 is 14.5 Å². The number of amides is 2. The average Bonchev–Trinajstić information content (AvgIpc) is 3.21. The van der Waals surface area contributed by atoms with Crippen LogP contribution in [0.25, 0.3) is 11.4 Å². The number of hydrogen-bond donors (Lipinski definition) is 2. The normalized spacial score (nSPS) is 15.0. The van der Waals surface area contributed by atoms with Crippen molar-refractivity contribution in [2.24, 2.45) is 0 Å². The topological polar surface area (TPSA) is 132 Å². The van der Waals surface area contributed by atoms with Gasteiger partial charge in [0, 0.05) is 23.4 Å². The molecule has 2 aromatic carbocycles. The van der Waals surface area contributed by atoms with E-state index in [1.54, 1.807) is 0 Å². The second-order valence-electron chi connectivity index (χ2n) is 6.13. The van der Waals surface area contributed by atoms with Crippen LogP contribution in [0.15, 0.2) is 54.6 Å². The van der Waals surface area contributed by atoms with Crippen molar-refractivity contribution in [1.82, 2.24) is 14.8 Å². The van der Waals surface area contributed by atoms with Gasteiger partial charge in [-0.3, -0.25) is 25.0 Å². The van der Waals surface area contributed by atoms with Gasteiger partial charge in [0.25, 0.3) is 11.6 Å². The van der Waals surface area contributed by atoms with Gasteiger partial charge in [-0.15, -0.1) is 5.10 Å². The predicted octanol–water partition coefficient (Wildman–Crippen LogP) is 2.38. The second-order valence-corrected chi connectivity index (χ2v) is 6.13. The fraction of sp³-hybridized carbons (Fsp3) is 0.111. The molecule has 1 aromatic heterocycles. The average molecular weight is 378 g/mol. The van der Waals surface area contributed by atoms with E-state index in [0.717, 1.165) is 5.56 Å². The Morgan fingerprint density at radius 2 is 2.00 bits per heavy atom. The van der Waals surface area contributed by atoms with Crippen LogP contribution in [-0.4, -0.2) is 31.5 Å². The number of rotatable bonds is 5. The van der Waals surface area contributed by atoms with Gasteiger partial charge < -0.3 is 5.32 Å². The number of anilines is 2. The van der Waals surface area contributed by atoms with Crippen LogP contribution in [0.1, 0.15) is 12.5 Å². The summed E-state index contributed by atoms with van der Waals surface area (Å²) >= 11 is 0.